The molecule has 0 heterocycles. The molecule has 0 aromatic rings. The number of aliphatic carboxylic acids is 1. The first-order valence-electron chi connectivity index (χ1n) is 5.16. The van der Waals surface area contributed by atoms with Gasteiger partial charge < -0.3 is 10.8 Å². The lowest BCUT2D eigenvalue weighted by atomic mass is 10.3. The zero-order valence-electron chi connectivity index (χ0n) is 9.92. The zero-order valence-corrected chi connectivity index (χ0v) is 10.7. The average molecular weight is 266 g/mol. The van der Waals surface area contributed by atoms with Crippen LogP contribution in [0.15, 0.2) is 0 Å². The summed E-state index contributed by atoms with van der Waals surface area (Å²) >= 11 is 0. The van der Waals surface area contributed by atoms with Crippen LogP contribution in [0.4, 0.5) is 0 Å². The first kappa shape index (κ1) is 15.9. The average Bonchev–Trinajstić information content (AvgIpc) is 2.12. The molecule has 0 aliphatic carbocycles. The van der Waals surface area contributed by atoms with Gasteiger partial charge in [0.1, 0.15) is 0 Å². The molecule has 8 heteroatoms. The van der Waals surface area contributed by atoms with Crippen molar-refractivity contribution >= 4 is 21.9 Å². The number of amides is 1. The fraction of sp³-hybridized carbons (Fsp3) is 0.778. The summed E-state index contributed by atoms with van der Waals surface area (Å²) in [5.41, 5.74) is 4.97. The molecule has 0 aromatic heterocycles. The normalized spacial score (nSPS) is 12.0. The molecule has 0 aliphatic rings. The van der Waals surface area contributed by atoms with Crippen molar-refractivity contribution in [2.45, 2.75) is 32.7 Å². The first-order chi connectivity index (χ1) is 7.66. The predicted molar refractivity (Wildman–Crippen MR) is 61.7 cm³/mol. The van der Waals surface area contributed by atoms with E-state index in [9.17, 15) is 18.0 Å². The number of carboxylic acids is 1. The smallest absolute Gasteiger partial charge is 0.303 e. The van der Waals surface area contributed by atoms with Crippen LogP contribution in [0.5, 0.6) is 0 Å². The third kappa shape index (κ3) is 6.22. The monoisotopic (exact) mass is 266 g/mol. The number of sulfonamides is 1. The van der Waals surface area contributed by atoms with Crippen molar-refractivity contribution in [1.82, 2.24) is 4.31 Å². The molecule has 0 atom stereocenters. The molecule has 17 heavy (non-hydrogen) atoms. The number of rotatable bonds is 8. The van der Waals surface area contributed by atoms with Crippen LogP contribution in [-0.2, 0) is 19.6 Å². The summed E-state index contributed by atoms with van der Waals surface area (Å²) in [5.74, 6) is -2.09. The second-order valence-corrected chi connectivity index (χ2v) is 5.96. The minimum absolute atomic E-state index is 0.0135. The molecule has 0 bridgehead atoms. The van der Waals surface area contributed by atoms with Crippen molar-refractivity contribution in [2.75, 3.05) is 12.3 Å². The maximum atomic E-state index is 11.8. The van der Waals surface area contributed by atoms with E-state index >= 15 is 0 Å². The minimum Gasteiger partial charge on any atom is -0.481 e. The van der Waals surface area contributed by atoms with Crippen molar-refractivity contribution in [3.63, 3.8) is 0 Å². The summed E-state index contributed by atoms with van der Waals surface area (Å²) in [5, 5.41) is 8.42. The number of nitrogens with zero attached hydrogens (tertiary/aromatic N) is 1. The van der Waals surface area contributed by atoms with E-state index in [1.807, 2.05) is 0 Å². The highest BCUT2D eigenvalue weighted by atomic mass is 32.2. The Kier molecular flexibility index (Phi) is 6.11. The van der Waals surface area contributed by atoms with Crippen molar-refractivity contribution < 1.29 is 23.1 Å². The predicted octanol–water partition coefficient (Wildman–Crippen LogP) is -0.623. The summed E-state index contributed by atoms with van der Waals surface area (Å²) in [4.78, 5) is 21.0. The van der Waals surface area contributed by atoms with Gasteiger partial charge in [0.15, 0.2) is 0 Å². The number of carbonyl (C=O) groups excluding carboxylic acids is 1. The Labute approximate surface area is 101 Å². The van der Waals surface area contributed by atoms with E-state index in [0.717, 1.165) is 4.31 Å². The Morgan fingerprint density at radius 3 is 2.24 bits per heavy atom. The lowest BCUT2D eigenvalue weighted by Crippen LogP contribution is -2.43. The first-order valence-corrected chi connectivity index (χ1v) is 6.77. The summed E-state index contributed by atoms with van der Waals surface area (Å²) in [6, 6.07) is -0.391. The van der Waals surface area contributed by atoms with Gasteiger partial charge in [-0.05, 0) is 20.3 Å². The van der Waals surface area contributed by atoms with E-state index < -0.39 is 27.9 Å². The van der Waals surface area contributed by atoms with Gasteiger partial charge in [-0.2, -0.15) is 4.31 Å². The molecular formula is C9H18N2O5S. The highest BCUT2D eigenvalue weighted by Gasteiger charge is 2.26. The van der Waals surface area contributed by atoms with Crippen LogP contribution in [0.1, 0.15) is 26.7 Å². The summed E-state index contributed by atoms with van der Waals surface area (Å²) in [6.45, 7) is 2.86. The van der Waals surface area contributed by atoms with E-state index in [1.165, 1.54) is 0 Å². The van der Waals surface area contributed by atoms with E-state index in [-0.39, 0.29) is 25.1 Å². The number of carbonyl (C=O) groups is 2. The lowest BCUT2D eigenvalue weighted by Gasteiger charge is -2.24. The van der Waals surface area contributed by atoms with Gasteiger partial charge in [0, 0.05) is 12.5 Å². The molecule has 1 amide bonds. The van der Waals surface area contributed by atoms with Crippen molar-refractivity contribution in [3.8, 4) is 0 Å². The topological polar surface area (TPSA) is 118 Å². The van der Waals surface area contributed by atoms with E-state index in [1.54, 1.807) is 13.8 Å². The highest BCUT2D eigenvalue weighted by Crippen LogP contribution is 2.09. The van der Waals surface area contributed by atoms with Crippen LogP contribution >= 0.6 is 0 Å². The van der Waals surface area contributed by atoms with E-state index in [0.29, 0.717) is 0 Å². The molecule has 0 saturated heterocycles. The van der Waals surface area contributed by atoms with Crippen molar-refractivity contribution in [2.24, 2.45) is 5.73 Å². The largest absolute Gasteiger partial charge is 0.481 e. The SMILES string of the molecule is CC(C)N(CC(N)=O)S(=O)(=O)CCCC(=O)O. The molecule has 0 radical (unpaired) electrons. The second-order valence-electron chi connectivity index (χ2n) is 3.92. The quantitative estimate of drug-likeness (QED) is 0.607. The molecule has 0 rings (SSSR count). The van der Waals surface area contributed by atoms with Gasteiger partial charge in [-0.1, -0.05) is 0 Å². The van der Waals surface area contributed by atoms with Crippen molar-refractivity contribution in [3.05, 3.63) is 0 Å². The van der Waals surface area contributed by atoms with Gasteiger partial charge in [-0.3, -0.25) is 9.59 Å². The third-order valence-corrected chi connectivity index (χ3v) is 4.11. The third-order valence-electron chi connectivity index (χ3n) is 2.04. The van der Waals surface area contributed by atoms with Crippen molar-refractivity contribution in [1.29, 1.82) is 0 Å². The molecule has 3 N–H and O–H groups in total. The maximum absolute atomic E-state index is 11.8. The number of carboxylic acid groups (broad SMARTS) is 1. The number of hydrogen-bond donors (Lipinski definition) is 2. The second kappa shape index (κ2) is 6.55. The molecular weight excluding hydrogens is 248 g/mol. The minimum atomic E-state index is -3.64. The fourth-order valence-electron chi connectivity index (χ4n) is 1.28. The summed E-state index contributed by atoms with van der Waals surface area (Å²) in [6.07, 6.45) is -0.207. The van der Waals surface area contributed by atoms with Crippen LogP contribution in [0.25, 0.3) is 0 Å². The zero-order chi connectivity index (χ0) is 13.6. The molecule has 0 aliphatic heterocycles. The Hall–Kier alpha value is -1.15. The van der Waals surface area contributed by atoms with Crippen LogP contribution in [0.3, 0.4) is 0 Å². The van der Waals surface area contributed by atoms with Crippen LogP contribution in [0.2, 0.25) is 0 Å². The fourth-order valence-corrected chi connectivity index (χ4v) is 2.99. The molecule has 0 unspecified atom stereocenters. The Morgan fingerprint density at radius 2 is 1.88 bits per heavy atom. The van der Waals surface area contributed by atoms with Crippen LogP contribution in [-0.4, -0.2) is 48.0 Å². The van der Waals surface area contributed by atoms with E-state index in [2.05, 4.69) is 0 Å². The highest BCUT2D eigenvalue weighted by molar-refractivity contribution is 7.89. The Morgan fingerprint density at radius 1 is 1.35 bits per heavy atom. The van der Waals surface area contributed by atoms with Gasteiger partial charge in [-0.25, -0.2) is 8.42 Å². The van der Waals surface area contributed by atoms with Crippen LogP contribution in [0, 0.1) is 0 Å². The number of nitrogens with two attached hydrogens (primary N) is 1. The van der Waals surface area contributed by atoms with Crippen LogP contribution < -0.4 is 5.73 Å². The van der Waals surface area contributed by atoms with Gasteiger partial charge in [0.25, 0.3) is 0 Å². The standard InChI is InChI=1S/C9H18N2O5S/c1-7(2)11(6-8(10)12)17(15,16)5-3-4-9(13)14/h7H,3-6H2,1-2H3,(H2,10,12)(H,13,14). The number of hydrogen-bond acceptors (Lipinski definition) is 4. The molecule has 7 nitrogen and oxygen atoms in total. The van der Waals surface area contributed by atoms with E-state index in [4.69, 9.17) is 10.8 Å². The summed E-state index contributed by atoms with van der Waals surface area (Å²) < 4.78 is 24.6. The summed E-state index contributed by atoms with van der Waals surface area (Å²) in [7, 11) is -3.64. The molecule has 0 spiro atoms. The van der Waals surface area contributed by atoms with Gasteiger partial charge in [0.2, 0.25) is 15.9 Å². The Balaban J connectivity index is 4.61. The lowest BCUT2D eigenvalue weighted by molar-refractivity contribution is -0.137. The molecule has 0 saturated carbocycles. The molecule has 0 aromatic carbocycles. The van der Waals surface area contributed by atoms with Gasteiger partial charge >= 0.3 is 5.97 Å². The Bertz CT molecular complexity index is 377. The van der Waals surface area contributed by atoms with Gasteiger partial charge in [0.05, 0.1) is 12.3 Å². The van der Waals surface area contributed by atoms with Gasteiger partial charge in [-0.15, -0.1) is 0 Å². The maximum Gasteiger partial charge on any atom is 0.303 e. The number of primary amides is 1. The molecule has 100 valence electrons. The molecule has 0 fully saturated rings.